The number of carboxylic acid groups (broad SMARTS) is 1. The largest absolute Gasteiger partial charge is 0.480 e. The van der Waals surface area contributed by atoms with Gasteiger partial charge in [0.15, 0.2) is 0 Å². The molecule has 18 heavy (non-hydrogen) atoms. The molecule has 7 heteroatoms. The van der Waals surface area contributed by atoms with E-state index in [9.17, 15) is 9.59 Å². The van der Waals surface area contributed by atoms with Crippen LogP contribution in [0.5, 0.6) is 0 Å². The summed E-state index contributed by atoms with van der Waals surface area (Å²) in [7, 11) is 1.43. The van der Waals surface area contributed by atoms with Crippen LogP contribution in [0.1, 0.15) is 49.1 Å². The third-order valence-corrected chi connectivity index (χ3v) is 3.32. The molecular weight excluding hydrogens is 236 g/mol. The van der Waals surface area contributed by atoms with Crippen molar-refractivity contribution in [1.82, 2.24) is 20.1 Å². The van der Waals surface area contributed by atoms with Gasteiger partial charge >= 0.3 is 5.97 Å². The van der Waals surface area contributed by atoms with Gasteiger partial charge in [0.05, 0.1) is 0 Å². The van der Waals surface area contributed by atoms with Crippen LogP contribution in [0.25, 0.3) is 0 Å². The van der Waals surface area contributed by atoms with Crippen molar-refractivity contribution in [3.05, 3.63) is 11.6 Å². The summed E-state index contributed by atoms with van der Waals surface area (Å²) in [5.74, 6) is -0.465. The standard InChI is InChI=1S/C11H16N4O3/c1-11(2,10(17)18)15(3)9(16)8-12-7(13-14-8)6-4-5-6/h6H,4-5H2,1-3H3,(H,17,18)(H,12,13,14). The second-order valence-corrected chi connectivity index (χ2v) is 5.05. The molecule has 0 saturated heterocycles. The van der Waals surface area contributed by atoms with Gasteiger partial charge in [0.25, 0.3) is 5.91 Å². The van der Waals surface area contributed by atoms with Crippen molar-refractivity contribution in [3.8, 4) is 0 Å². The second-order valence-electron chi connectivity index (χ2n) is 5.05. The van der Waals surface area contributed by atoms with Crippen molar-refractivity contribution in [2.75, 3.05) is 7.05 Å². The zero-order valence-corrected chi connectivity index (χ0v) is 10.6. The second kappa shape index (κ2) is 4.08. The maximum Gasteiger partial charge on any atom is 0.329 e. The van der Waals surface area contributed by atoms with Crippen LogP contribution in [0.2, 0.25) is 0 Å². The molecule has 1 aromatic heterocycles. The highest BCUT2D eigenvalue weighted by atomic mass is 16.4. The number of carbonyl (C=O) groups excluding carboxylic acids is 1. The van der Waals surface area contributed by atoms with Crippen LogP contribution in [0, 0.1) is 0 Å². The summed E-state index contributed by atoms with van der Waals surface area (Å²) in [6.07, 6.45) is 2.11. The van der Waals surface area contributed by atoms with Crippen molar-refractivity contribution in [2.24, 2.45) is 0 Å². The first-order chi connectivity index (χ1) is 8.34. The number of nitrogens with zero attached hydrogens (tertiary/aromatic N) is 3. The average molecular weight is 252 g/mol. The minimum absolute atomic E-state index is 0.0220. The Kier molecular flexibility index (Phi) is 2.84. The number of carbonyl (C=O) groups is 2. The van der Waals surface area contributed by atoms with Crippen molar-refractivity contribution >= 4 is 11.9 Å². The Labute approximate surface area is 104 Å². The molecule has 1 fully saturated rings. The van der Waals surface area contributed by atoms with Gasteiger partial charge in [-0.1, -0.05) is 0 Å². The predicted molar refractivity (Wildman–Crippen MR) is 62.2 cm³/mol. The molecule has 98 valence electrons. The van der Waals surface area contributed by atoms with Gasteiger partial charge in [0.1, 0.15) is 11.4 Å². The van der Waals surface area contributed by atoms with Gasteiger partial charge in [-0.3, -0.25) is 9.89 Å². The summed E-state index contributed by atoms with van der Waals surface area (Å²) in [4.78, 5) is 28.4. The highest BCUT2D eigenvalue weighted by Gasteiger charge is 2.37. The maximum absolute atomic E-state index is 12.1. The van der Waals surface area contributed by atoms with E-state index in [1.807, 2.05) is 0 Å². The fourth-order valence-corrected chi connectivity index (χ4v) is 1.46. The van der Waals surface area contributed by atoms with Crippen LogP contribution in [0.15, 0.2) is 0 Å². The molecule has 1 amide bonds. The van der Waals surface area contributed by atoms with Crippen molar-refractivity contribution in [2.45, 2.75) is 38.1 Å². The van der Waals surface area contributed by atoms with Gasteiger partial charge in [0.2, 0.25) is 5.82 Å². The van der Waals surface area contributed by atoms with Crippen LogP contribution < -0.4 is 0 Å². The summed E-state index contributed by atoms with van der Waals surface area (Å²) in [5, 5.41) is 15.6. The van der Waals surface area contributed by atoms with Crippen molar-refractivity contribution in [1.29, 1.82) is 0 Å². The molecule has 0 unspecified atom stereocenters. The zero-order chi connectivity index (χ0) is 13.5. The zero-order valence-electron chi connectivity index (χ0n) is 10.6. The summed E-state index contributed by atoms with van der Waals surface area (Å²) in [6.45, 7) is 2.92. The van der Waals surface area contributed by atoms with Gasteiger partial charge < -0.3 is 10.0 Å². The molecule has 0 atom stereocenters. The first-order valence-corrected chi connectivity index (χ1v) is 5.78. The Morgan fingerprint density at radius 2 is 2.06 bits per heavy atom. The van der Waals surface area contributed by atoms with E-state index in [0.717, 1.165) is 17.7 Å². The molecule has 0 bridgehead atoms. The molecule has 7 nitrogen and oxygen atoms in total. The lowest BCUT2D eigenvalue weighted by molar-refractivity contribution is -0.147. The number of aliphatic carboxylic acids is 1. The van der Waals surface area contributed by atoms with E-state index in [1.54, 1.807) is 0 Å². The number of nitrogens with one attached hydrogen (secondary N) is 1. The number of aromatic amines is 1. The monoisotopic (exact) mass is 252 g/mol. The lowest BCUT2D eigenvalue weighted by Gasteiger charge is -2.30. The van der Waals surface area contributed by atoms with Gasteiger partial charge in [-0.15, -0.1) is 5.10 Å². The normalized spacial score (nSPS) is 15.5. The lowest BCUT2D eigenvalue weighted by Crippen LogP contribution is -2.51. The molecule has 0 aliphatic heterocycles. The van der Waals surface area contributed by atoms with E-state index < -0.39 is 17.4 Å². The van der Waals surface area contributed by atoms with Crippen LogP contribution in [0.4, 0.5) is 0 Å². The van der Waals surface area contributed by atoms with E-state index in [-0.39, 0.29) is 5.82 Å². The Bertz CT molecular complexity index is 490. The number of hydrogen-bond acceptors (Lipinski definition) is 4. The lowest BCUT2D eigenvalue weighted by atomic mass is 10.0. The molecule has 1 heterocycles. The van der Waals surface area contributed by atoms with Crippen molar-refractivity contribution < 1.29 is 14.7 Å². The van der Waals surface area contributed by atoms with E-state index in [0.29, 0.717) is 11.7 Å². The molecule has 0 radical (unpaired) electrons. The smallest absolute Gasteiger partial charge is 0.329 e. The molecular formula is C11H16N4O3. The predicted octanol–water partition coefficient (Wildman–Crippen LogP) is 0.617. The van der Waals surface area contributed by atoms with Crippen LogP contribution in [0.3, 0.4) is 0 Å². The summed E-state index contributed by atoms with van der Waals surface area (Å²) in [6, 6.07) is 0. The van der Waals surface area contributed by atoms with Crippen LogP contribution >= 0.6 is 0 Å². The Morgan fingerprint density at radius 3 is 2.56 bits per heavy atom. The average Bonchev–Trinajstić information content (AvgIpc) is 3.05. The maximum atomic E-state index is 12.1. The summed E-state index contributed by atoms with van der Waals surface area (Å²) < 4.78 is 0. The fourth-order valence-electron chi connectivity index (χ4n) is 1.46. The Morgan fingerprint density at radius 1 is 1.44 bits per heavy atom. The molecule has 2 N–H and O–H groups in total. The highest BCUT2D eigenvalue weighted by molar-refractivity contribution is 5.94. The molecule has 1 aliphatic rings. The quantitative estimate of drug-likeness (QED) is 0.818. The van der Waals surface area contributed by atoms with E-state index in [1.165, 1.54) is 20.9 Å². The molecule has 0 aromatic carbocycles. The van der Waals surface area contributed by atoms with Crippen LogP contribution in [-0.4, -0.2) is 49.7 Å². The van der Waals surface area contributed by atoms with E-state index >= 15 is 0 Å². The Hall–Kier alpha value is -1.92. The topological polar surface area (TPSA) is 99.2 Å². The van der Waals surface area contributed by atoms with Gasteiger partial charge in [-0.05, 0) is 26.7 Å². The number of H-pyrrole nitrogens is 1. The molecule has 1 aliphatic carbocycles. The third-order valence-electron chi connectivity index (χ3n) is 3.32. The fraction of sp³-hybridized carbons (Fsp3) is 0.636. The number of likely N-dealkylation sites (N-methyl/N-ethyl adjacent to an activating group) is 1. The Balaban J connectivity index is 2.16. The van der Waals surface area contributed by atoms with Gasteiger partial charge in [-0.2, -0.15) is 0 Å². The highest BCUT2D eigenvalue weighted by Crippen LogP contribution is 2.37. The van der Waals surface area contributed by atoms with Crippen LogP contribution in [-0.2, 0) is 4.79 Å². The van der Waals surface area contributed by atoms with E-state index in [2.05, 4.69) is 15.2 Å². The number of hydrogen-bond donors (Lipinski definition) is 2. The minimum atomic E-state index is -1.29. The van der Waals surface area contributed by atoms with Crippen molar-refractivity contribution in [3.63, 3.8) is 0 Å². The van der Waals surface area contributed by atoms with E-state index in [4.69, 9.17) is 5.11 Å². The number of carboxylic acids is 1. The van der Waals surface area contributed by atoms with Gasteiger partial charge in [0, 0.05) is 13.0 Å². The SMILES string of the molecule is CN(C(=O)c1n[nH]c(C2CC2)n1)C(C)(C)C(=O)O. The summed E-state index contributed by atoms with van der Waals surface area (Å²) >= 11 is 0. The number of amides is 1. The first kappa shape index (κ1) is 12.5. The number of rotatable bonds is 4. The first-order valence-electron chi connectivity index (χ1n) is 5.78. The van der Waals surface area contributed by atoms with Gasteiger partial charge in [-0.25, -0.2) is 9.78 Å². The molecule has 1 aromatic rings. The number of aromatic nitrogens is 3. The molecule has 0 spiro atoms. The summed E-state index contributed by atoms with van der Waals surface area (Å²) in [5.41, 5.74) is -1.29. The third kappa shape index (κ3) is 2.07. The molecule has 2 rings (SSSR count). The minimum Gasteiger partial charge on any atom is -0.480 e. The molecule has 1 saturated carbocycles.